The first kappa shape index (κ1) is 12.3. The van der Waals surface area contributed by atoms with Crippen molar-refractivity contribution >= 4 is 11.3 Å². The molecule has 1 nitrogen and oxygen atoms in total. The van der Waals surface area contributed by atoms with Crippen molar-refractivity contribution in [1.82, 2.24) is 5.32 Å². The molecule has 0 saturated carbocycles. The molecule has 0 aliphatic carbocycles. The summed E-state index contributed by atoms with van der Waals surface area (Å²) in [7, 11) is 2.02. The normalized spacial score (nSPS) is 12.6. The molecule has 1 aromatic heterocycles. The molecule has 2 rings (SSSR count). The van der Waals surface area contributed by atoms with Gasteiger partial charge in [0.1, 0.15) is 0 Å². The highest BCUT2D eigenvalue weighted by atomic mass is 32.1. The number of thiophene rings is 1. The largest absolute Gasteiger partial charge is 0.313 e. The van der Waals surface area contributed by atoms with E-state index in [1.165, 1.54) is 20.9 Å². The molecule has 2 aromatic rings. The van der Waals surface area contributed by atoms with Gasteiger partial charge in [0.25, 0.3) is 0 Å². The van der Waals surface area contributed by atoms with Crippen molar-refractivity contribution in [1.29, 1.82) is 0 Å². The first-order valence-corrected chi connectivity index (χ1v) is 6.90. The van der Waals surface area contributed by atoms with Crippen LogP contribution in [0.1, 0.15) is 29.8 Å². The summed E-state index contributed by atoms with van der Waals surface area (Å²) in [5, 5.41) is 3.36. The minimum atomic E-state index is 0.455. The van der Waals surface area contributed by atoms with E-state index in [0.717, 1.165) is 6.42 Å². The Morgan fingerprint density at radius 3 is 2.65 bits per heavy atom. The number of aryl methyl sites for hydroxylation is 1. The number of hydrogen-bond acceptors (Lipinski definition) is 2. The van der Waals surface area contributed by atoms with Gasteiger partial charge in [-0.05, 0) is 49.7 Å². The Hall–Kier alpha value is -1.12. The molecule has 1 N–H and O–H groups in total. The van der Waals surface area contributed by atoms with Crippen LogP contribution in [0.25, 0.3) is 10.4 Å². The van der Waals surface area contributed by atoms with Crippen LogP contribution in [-0.4, -0.2) is 7.05 Å². The van der Waals surface area contributed by atoms with Gasteiger partial charge in [0, 0.05) is 15.8 Å². The van der Waals surface area contributed by atoms with Crippen molar-refractivity contribution in [2.24, 2.45) is 0 Å². The lowest BCUT2D eigenvalue weighted by Crippen LogP contribution is -2.14. The summed E-state index contributed by atoms with van der Waals surface area (Å²) in [5.74, 6) is 0. The summed E-state index contributed by atoms with van der Waals surface area (Å²) in [4.78, 5) is 2.72. The van der Waals surface area contributed by atoms with E-state index < -0.39 is 0 Å². The van der Waals surface area contributed by atoms with Gasteiger partial charge in [-0.3, -0.25) is 0 Å². The second kappa shape index (κ2) is 5.48. The monoisotopic (exact) mass is 245 g/mol. The number of benzene rings is 1. The van der Waals surface area contributed by atoms with Crippen molar-refractivity contribution in [3.63, 3.8) is 0 Å². The van der Waals surface area contributed by atoms with E-state index in [4.69, 9.17) is 0 Å². The molecule has 0 saturated heterocycles. The van der Waals surface area contributed by atoms with Gasteiger partial charge < -0.3 is 5.32 Å². The van der Waals surface area contributed by atoms with Crippen LogP contribution in [0, 0.1) is 6.92 Å². The van der Waals surface area contributed by atoms with E-state index in [1.54, 1.807) is 0 Å². The third-order valence-electron chi connectivity index (χ3n) is 3.07. The third-order valence-corrected chi connectivity index (χ3v) is 4.12. The van der Waals surface area contributed by atoms with Gasteiger partial charge in [0.05, 0.1) is 0 Å². The van der Waals surface area contributed by atoms with Gasteiger partial charge in [-0.1, -0.05) is 25.1 Å². The van der Waals surface area contributed by atoms with Gasteiger partial charge in [-0.2, -0.15) is 0 Å². The molecule has 0 fully saturated rings. The van der Waals surface area contributed by atoms with Crippen LogP contribution in [-0.2, 0) is 0 Å². The molecule has 0 spiro atoms. The Labute approximate surface area is 108 Å². The molecule has 17 heavy (non-hydrogen) atoms. The van der Waals surface area contributed by atoms with Gasteiger partial charge in [0.2, 0.25) is 0 Å². The molecule has 0 amide bonds. The van der Waals surface area contributed by atoms with Crippen LogP contribution in [0.2, 0.25) is 0 Å². The van der Waals surface area contributed by atoms with Crippen molar-refractivity contribution in [2.45, 2.75) is 26.3 Å². The lowest BCUT2D eigenvalue weighted by atomic mass is 10.0. The SMILES string of the molecule is CCC(NC)c1cccc(-c2ccc(C)s2)c1. The third kappa shape index (κ3) is 2.76. The first-order chi connectivity index (χ1) is 8.24. The maximum atomic E-state index is 3.36. The molecular weight excluding hydrogens is 226 g/mol. The van der Waals surface area contributed by atoms with Gasteiger partial charge in [-0.15, -0.1) is 11.3 Å². The summed E-state index contributed by atoms with van der Waals surface area (Å²) in [5.41, 5.74) is 2.70. The highest BCUT2D eigenvalue weighted by molar-refractivity contribution is 7.15. The Morgan fingerprint density at radius 2 is 2.06 bits per heavy atom. The summed E-state index contributed by atoms with van der Waals surface area (Å²) < 4.78 is 0. The maximum absolute atomic E-state index is 3.36. The van der Waals surface area contributed by atoms with E-state index in [9.17, 15) is 0 Å². The van der Waals surface area contributed by atoms with E-state index in [-0.39, 0.29) is 0 Å². The molecule has 1 unspecified atom stereocenters. The molecule has 0 aliphatic heterocycles. The molecule has 0 radical (unpaired) electrons. The highest BCUT2D eigenvalue weighted by Crippen LogP contribution is 2.29. The predicted octanol–water partition coefficient (Wildman–Crippen LogP) is 4.39. The Bertz CT molecular complexity index is 483. The average molecular weight is 245 g/mol. The van der Waals surface area contributed by atoms with Gasteiger partial charge in [0.15, 0.2) is 0 Å². The van der Waals surface area contributed by atoms with Crippen LogP contribution in [0.4, 0.5) is 0 Å². The zero-order chi connectivity index (χ0) is 12.3. The lowest BCUT2D eigenvalue weighted by molar-refractivity contribution is 0.577. The van der Waals surface area contributed by atoms with Crippen LogP contribution >= 0.6 is 11.3 Å². The highest BCUT2D eigenvalue weighted by Gasteiger charge is 2.08. The lowest BCUT2D eigenvalue weighted by Gasteiger charge is -2.14. The van der Waals surface area contributed by atoms with Crippen molar-refractivity contribution in [3.8, 4) is 10.4 Å². The topological polar surface area (TPSA) is 12.0 Å². The standard InChI is InChI=1S/C15H19NS/c1-4-14(16-3)12-6-5-7-13(10-12)15-9-8-11(2)17-15/h5-10,14,16H,4H2,1-3H3. The molecule has 1 atom stereocenters. The molecule has 1 aromatic carbocycles. The zero-order valence-corrected chi connectivity index (χ0v) is 11.5. The summed E-state index contributed by atoms with van der Waals surface area (Å²) >= 11 is 1.86. The van der Waals surface area contributed by atoms with E-state index >= 15 is 0 Å². The van der Waals surface area contributed by atoms with Crippen molar-refractivity contribution in [3.05, 3.63) is 46.8 Å². The quantitative estimate of drug-likeness (QED) is 0.842. The molecule has 0 bridgehead atoms. The van der Waals surface area contributed by atoms with E-state index in [1.807, 2.05) is 18.4 Å². The average Bonchev–Trinajstić information content (AvgIpc) is 2.78. The summed E-state index contributed by atoms with van der Waals surface area (Å²) in [6.07, 6.45) is 1.11. The molecule has 2 heteroatoms. The minimum absolute atomic E-state index is 0.455. The van der Waals surface area contributed by atoms with Crippen molar-refractivity contribution in [2.75, 3.05) is 7.05 Å². The Balaban J connectivity index is 2.34. The van der Waals surface area contributed by atoms with Crippen LogP contribution in [0.15, 0.2) is 36.4 Å². The molecule has 90 valence electrons. The van der Waals surface area contributed by atoms with Crippen LogP contribution < -0.4 is 5.32 Å². The van der Waals surface area contributed by atoms with E-state index in [2.05, 4.69) is 55.6 Å². The van der Waals surface area contributed by atoms with Crippen LogP contribution in [0.3, 0.4) is 0 Å². The predicted molar refractivity (Wildman–Crippen MR) is 76.6 cm³/mol. The fourth-order valence-electron chi connectivity index (χ4n) is 2.10. The smallest absolute Gasteiger partial charge is 0.0345 e. The maximum Gasteiger partial charge on any atom is 0.0345 e. The molecule has 1 heterocycles. The molecular formula is C15H19NS. The minimum Gasteiger partial charge on any atom is -0.313 e. The first-order valence-electron chi connectivity index (χ1n) is 6.08. The Kier molecular flexibility index (Phi) is 3.97. The van der Waals surface area contributed by atoms with Crippen molar-refractivity contribution < 1.29 is 0 Å². The van der Waals surface area contributed by atoms with Gasteiger partial charge >= 0.3 is 0 Å². The summed E-state index contributed by atoms with van der Waals surface area (Å²) in [6, 6.07) is 13.7. The van der Waals surface area contributed by atoms with E-state index in [0.29, 0.717) is 6.04 Å². The number of nitrogens with one attached hydrogen (secondary N) is 1. The fraction of sp³-hybridized carbons (Fsp3) is 0.333. The second-order valence-electron chi connectivity index (χ2n) is 4.29. The number of hydrogen-bond donors (Lipinski definition) is 1. The van der Waals surface area contributed by atoms with Crippen LogP contribution in [0.5, 0.6) is 0 Å². The van der Waals surface area contributed by atoms with Gasteiger partial charge in [-0.25, -0.2) is 0 Å². The Morgan fingerprint density at radius 1 is 1.24 bits per heavy atom. The fourth-order valence-corrected chi connectivity index (χ4v) is 2.97. The molecule has 0 aliphatic rings. The second-order valence-corrected chi connectivity index (χ2v) is 5.57. The number of rotatable bonds is 4. The zero-order valence-electron chi connectivity index (χ0n) is 10.7. The summed E-state index contributed by atoms with van der Waals surface area (Å²) in [6.45, 7) is 4.36.